The Hall–Kier alpha value is -3.57. The van der Waals surface area contributed by atoms with E-state index in [1.165, 1.54) is 40.7 Å². The Balaban J connectivity index is 1.30. The van der Waals surface area contributed by atoms with Crippen LogP contribution in [0.25, 0.3) is 11.1 Å². The number of hydrogen-bond acceptors (Lipinski definition) is 6. The molecule has 1 aromatic heterocycles. The molecule has 0 aliphatic carbocycles. The minimum absolute atomic E-state index is 0.0191. The molecule has 2 aliphatic rings. The lowest BCUT2D eigenvalue weighted by atomic mass is 10.0. The number of rotatable bonds is 8. The van der Waals surface area contributed by atoms with E-state index in [2.05, 4.69) is 0 Å². The van der Waals surface area contributed by atoms with Crippen molar-refractivity contribution in [2.75, 3.05) is 38.8 Å². The number of carbonyl (C=O) groups is 2. The average molecular weight is 629 g/mol. The SMILES string of the molecule is COc1ccc2c(c1)CCN(C1CCN(C(=O)Cn3cc(-c4cccc(F)c4Cl)c(=O)n(CCSC)c3=O)CC1)C(=O)C2. The van der Waals surface area contributed by atoms with Crippen LogP contribution in [0.3, 0.4) is 0 Å². The van der Waals surface area contributed by atoms with Gasteiger partial charge in [-0.1, -0.05) is 29.8 Å². The zero-order chi connectivity index (χ0) is 30.7. The Bertz CT molecular complexity index is 1650. The normalized spacial score (nSPS) is 15.8. The van der Waals surface area contributed by atoms with E-state index in [0.717, 1.165) is 27.9 Å². The average Bonchev–Trinajstić information content (AvgIpc) is 3.17. The zero-order valence-electron chi connectivity index (χ0n) is 24.2. The number of ether oxygens (including phenoxy) is 1. The first-order valence-corrected chi connectivity index (χ1v) is 16.0. The molecule has 1 fully saturated rings. The molecule has 2 amide bonds. The summed E-state index contributed by atoms with van der Waals surface area (Å²) in [5, 5.41) is -0.222. The predicted molar refractivity (Wildman–Crippen MR) is 165 cm³/mol. The van der Waals surface area contributed by atoms with Crippen molar-refractivity contribution in [2.24, 2.45) is 0 Å². The Morgan fingerprint density at radius 1 is 1.07 bits per heavy atom. The molecule has 43 heavy (non-hydrogen) atoms. The van der Waals surface area contributed by atoms with Gasteiger partial charge in [-0.25, -0.2) is 9.18 Å². The molecule has 0 saturated carbocycles. The van der Waals surface area contributed by atoms with Gasteiger partial charge in [0.2, 0.25) is 11.8 Å². The molecular weight excluding hydrogens is 595 g/mol. The van der Waals surface area contributed by atoms with Crippen molar-refractivity contribution < 1.29 is 18.7 Å². The minimum Gasteiger partial charge on any atom is -0.497 e. The molecule has 0 spiro atoms. The molecule has 0 unspecified atom stereocenters. The van der Waals surface area contributed by atoms with Crippen LogP contribution in [0.15, 0.2) is 52.2 Å². The molecule has 9 nitrogen and oxygen atoms in total. The second-order valence-electron chi connectivity index (χ2n) is 10.8. The Morgan fingerprint density at radius 3 is 2.56 bits per heavy atom. The number of fused-ring (bicyclic) bond motifs is 1. The van der Waals surface area contributed by atoms with Crippen LogP contribution in [0.1, 0.15) is 24.0 Å². The highest BCUT2D eigenvalue weighted by Gasteiger charge is 2.31. The van der Waals surface area contributed by atoms with Gasteiger partial charge in [0.05, 0.1) is 24.1 Å². The van der Waals surface area contributed by atoms with Gasteiger partial charge < -0.3 is 14.5 Å². The van der Waals surface area contributed by atoms with Gasteiger partial charge in [0, 0.05) is 49.7 Å². The number of nitrogens with zero attached hydrogens (tertiary/aromatic N) is 4. The number of aromatic nitrogens is 2. The monoisotopic (exact) mass is 628 g/mol. The summed E-state index contributed by atoms with van der Waals surface area (Å²) < 4.78 is 21.9. The van der Waals surface area contributed by atoms with Gasteiger partial charge in [0.1, 0.15) is 18.1 Å². The van der Waals surface area contributed by atoms with E-state index in [9.17, 15) is 23.6 Å². The largest absolute Gasteiger partial charge is 0.497 e. The maximum atomic E-state index is 14.2. The summed E-state index contributed by atoms with van der Waals surface area (Å²) in [6.45, 7) is 1.35. The minimum atomic E-state index is -0.683. The molecule has 3 heterocycles. The molecule has 5 rings (SSSR count). The maximum Gasteiger partial charge on any atom is 0.331 e. The molecule has 0 radical (unpaired) electrons. The van der Waals surface area contributed by atoms with Crippen LogP contribution >= 0.6 is 23.4 Å². The fourth-order valence-corrected chi connectivity index (χ4v) is 6.46. The van der Waals surface area contributed by atoms with Crippen molar-refractivity contribution >= 4 is 35.2 Å². The molecule has 2 aromatic carbocycles. The van der Waals surface area contributed by atoms with Gasteiger partial charge in [-0.15, -0.1) is 0 Å². The van der Waals surface area contributed by atoms with E-state index >= 15 is 0 Å². The highest BCUT2D eigenvalue weighted by molar-refractivity contribution is 7.98. The Kier molecular flexibility index (Phi) is 9.61. The van der Waals surface area contributed by atoms with E-state index in [-0.39, 0.29) is 47.1 Å². The van der Waals surface area contributed by atoms with Crippen molar-refractivity contribution in [2.45, 2.75) is 44.8 Å². The van der Waals surface area contributed by atoms with E-state index < -0.39 is 17.1 Å². The number of benzene rings is 2. The third-order valence-corrected chi connectivity index (χ3v) is 9.23. The zero-order valence-corrected chi connectivity index (χ0v) is 25.8. The van der Waals surface area contributed by atoms with Gasteiger partial charge >= 0.3 is 5.69 Å². The van der Waals surface area contributed by atoms with Gasteiger partial charge in [-0.3, -0.25) is 23.5 Å². The predicted octanol–water partition coefficient (Wildman–Crippen LogP) is 3.46. The van der Waals surface area contributed by atoms with Crippen molar-refractivity contribution in [3.8, 4) is 16.9 Å². The Morgan fingerprint density at radius 2 is 1.84 bits per heavy atom. The Labute approximate surface area is 258 Å². The number of thioether (sulfide) groups is 1. The van der Waals surface area contributed by atoms with Crippen LogP contribution in [0.2, 0.25) is 5.02 Å². The van der Waals surface area contributed by atoms with E-state index in [1.807, 2.05) is 29.4 Å². The van der Waals surface area contributed by atoms with Crippen molar-refractivity contribution in [1.82, 2.24) is 18.9 Å². The quantitative estimate of drug-likeness (QED) is 0.379. The molecule has 0 atom stereocenters. The number of carbonyl (C=O) groups excluding carboxylic acids is 2. The van der Waals surface area contributed by atoms with Crippen LogP contribution in [0, 0.1) is 5.82 Å². The van der Waals surface area contributed by atoms with Crippen LogP contribution in [-0.2, 0) is 35.5 Å². The summed E-state index contributed by atoms with van der Waals surface area (Å²) in [7, 11) is 1.63. The number of halogens is 2. The lowest BCUT2D eigenvalue weighted by Crippen LogP contribution is -2.50. The van der Waals surface area contributed by atoms with Gasteiger partial charge in [-0.05, 0) is 54.8 Å². The molecular formula is C31H34ClFN4O5S. The van der Waals surface area contributed by atoms with Crippen molar-refractivity contribution in [3.63, 3.8) is 0 Å². The first kappa shape index (κ1) is 30.9. The van der Waals surface area contributed by atoms with Crippen LogP contribution in [0.4, 0.5) is 4.39 Å². The van der Waals surface area contributed by atoms with Crippen LogP contribution in [0.5, 0.6) is 5.75 Å². The number of methoxy groups -OCH3 is 1. The highest BCUT2D eigenvalue weighted by Crippen LogP contribution is 2.28. The standard InChI is InChI=1S/C31H34ClFN4O5S/c1-42-23-7-6-20-17-27(38)36(13-8-21(20)16-23)22-9-11-34(12-10-22)28(39)19-35-18-25(24-4-3-5-26(33)29(24)32)30(40)37(31(35)41)14-15-43-2/h3-7,16,18,22H,8-15,17,19H2,1-2H3. The van der Waals surface area contributed by atoms with Gasteiger partial charge in [0.15, 0.2) is 0 Å². The smallest absolute Gasteiger partial charge is 0.331 e. The first-order valence-electron chi connectivity index (χ1n) is 14.2. The molecule has 3 aromatic rings. The summed E-state index contributed by atoms with van der Waals surface area (Å²) in [5.41, 5.74) is 1.16. The highest BCUT2D eigenvalue weighted by atomic mass is 35.5. The molecule has 0 bridgehead atoms. The fraction of sp³-hybridized carbons (Fsp3) is 0.419. The molecule has 228 valence electrons. The number of likely N-dealkylation sites (tertiary alicyclic amines) is 1. The van der Waals surface area contributed by atoms with Gasteiger partial charge in [-0.2, -0.15) is 11.8 Å². The third-order valence-electron chi connectivity index (χ3n) is 8.26. The second-order valence-corrected chi connectivity index (χ2v) is 12.1. The first-order chi connectivity index (χ1) is 20.7. The fourth-order valence-electron chi connectivity index (χ4n) is 5.87. The summed E-state index contributed by atoms with van der Waals surface area (Å²) in [4.78, 5) is 56.8. The van der Waals surface area contributed by atoms with Crippen LogP contribution < -0.4 is 16.0 Å². The molecule has 1 saturated heterocycles. The molecule has 0 N–H and O–H groups in total. The maximum absolute atomic E-state index is 14.2. The second kappa shape index (κ2) is 13.4. The number of piperidine rings is 1. The van der Waals surface area contributed by atoms with Crippen molar-refractivity contribution in [1.29, 1.82) is 0 Å². The van der Waals surface area contributed by atoms with Crippen LogP contribution in [-0.4, -0.2) is 75.5 Å². The summed E-state index contributed by atoms with van der Waals surface area (Å²) >= 11 is 7.66. The lowest BCUT2D eigenvalue weighted by molar-refractivity contribution is -0.136. The van der Waals surface area contributed by atoms with Gasteiger partial charge in [0.25, 0.3) is 5.56 Å². The number of amides is 2. The van der Waals surface area contributed by atoms with E-state index in [4.69, 9.17) is 16.3 Å². The third kappa shape index (κ3) is 6.52. The summed E-state index contributed by atoms with van der Waals surface area (Å²) in [6.07, 6.45) is 5.50. The lowest BCUT2D eigenvalue weighted by Gasteiger charge is -2.38. The molecule has 2 aliphatic heterocycles. The summed E-state index contributed by atoms with van der Waals surface area (Å²) in [6, 6.07) is 9.99. The van der Waals surface area contributed by atoms with E-state index in [0.29, 0.717) is 44.6 Å². The topological polar surface area (TPSA) is 93.8 Å². The van der Waals surface area contributed by atoms with E-state index in [1.54, 1.807) is 12.0 Å². The van der Waals surface area contributed by atoms with Crippen molar-refractivity contribution in [3.05, 3.63) is 85.4 Å². The molecule has 12 heteroatoms. The number of hydrogen-bond donors (Lipinski definition) is 0. The summed E-state index contributed by atoms with van der Waals surface area (Å²) in [5.74, 6) is 0.406.